The van der Waals surface area contributed by atoms with Crippen molar-refractivity contribution in [2.24, 2.45) is 11.7 Å². The highest BCUT2D eigenvalue weighted by Gasteiger charge is 2.25. The van der Waals surface area contributed by atoms with E-state index in [1.165, 1.54) is 6.54 Å². The van der Waals surface area contributed by atoms with Crippen LogP contribution in [0.2, 0.25) is 0 Å². The lowest BCUT2D eigenvalue weighted by atomic mass is 9.95. The number of nitrogens with two attached hydrogens (primary N) is 1. The summed E-state index contributed by atoms with van der Waals surface area (Å²) in [5.41, 5.74) is 6.00. The van der Waals surface area contributed by atoms with Crippen molar-refractivity contribution in [1.82, 2.24) is 4.90 Å². The fourth-order valence-electron chi connectivity index (χ4n) is 2.20. The molecule has 3 atom stereocenters. The Morgan fingerprint density at radius 1 is 1.50 bits per heavy atom. The Morgan fingerprint density at radius 2 is 2.21 bits per heavy atom. The van der Waals surface area contributed by atoms with E-state index in [9.17, 15) is 0 Å². The minimum Gasteiger partial charge on any atom is -0.380 e. The molecule has 3 nitrogen and oxygen atoms in total. The second kappa shape index (κ2) is 5.69. The Bertz CT molecular complexity index is 153. The summed E-state index contributed by atoms with van der Waals surface area (Å²) in [7, 11) is 0. The summed E-state index contributed by atoms with van der Waals surface area (Å²) in [6.45, 7) is 10.4. The first-order chi connectivity index (χ1) is 6.63. The molecule has 1 rings (SSSR count). The molecule has 1 saturated heterocycles. The molecule has 0 aromatic carbocycles. The first-order valence-corrected chi connectivity index (χ1v) is 5.70. The van der Waals surface area contributed by atoms with E-state index in [1.807, 2.05) is 6.92 Å². The Balaban J connectivity index is 2.34. The molecule has 0 radical (unpaired) electrons. The van der Waals surface area contributed by atoms with Crippen molar-refractivity contribution < 1.29 is 4.74 Å². The van der Waals surface area contributed by atoms with E-state index in [4.69, 9.17) is 10.5 Å². The molecule has 0 aliphatic carbocycles. The van der Waals surface area contributed by atoms with E-state index >= 15 is 0 Å². The smallest absolute Gasteiger partial charge is 0.0619 e. The monoisotopic (exact) mass is 200 g/mol. The zero-order valence-corrected chi connectivity index (χ0v) is 9.70. The molecule has 0 aromatic rings. The molecular weight excluding hydrogens is 176 g/mol. The van der Waals surface area contributed by atoms with Gasteiger partial charge in [-0.05, 0) is 26.2 Å². The molecule has 3 unspecified atom stereocenters. The lowest BCUT2D eigenvalue weighted by Gasteiger charge is -2.38. The first kappa shape index (κ1) is 12.0. The van der Waals surface area contributed by atoms with E-state index in [2.05, 4.69) is 18.7 Å². The molecule has 0 bridgehead atoms. The maximum absolute atomic E-state index is 6.00. The molecule has 1 aliphatic rings. The fraction of sp³-hybridized carbons (Fsp3) is 1.00. The largest absolute Gasteiger partial charge is 0.380 e. The van der Waals surface area contributed by atoms with Gasteiger partial charge in [0.1, 0.15) is 0 Å². The highest BCUT2D eigenvalue weighted by Crippen LogP contribution is 2.17. The van der Waals surface area contributed by atoms with Crippen LogP contribution in [0.3, 0.4) is 0 Å². The standard InChI is InChI=1S/C11H24N2O/c1-4-14-8-10(3)13-6-9(2)5-11(12)7-13/h9-11H,4-8,12H2,1-3H3. The fourth-order valence-corrected chi connectivity index (χ4v) is 2.20. The lowest BCUT2D eigenvalue weighted by molar-refractivity contribution is 0.0475. The van der Waals surface area contributed by atoms with Gasteiger partial charge >= 0.3 is 0 Å². The van der Waals surface area contributed by atoms with Gasteiger partial charge in [-0.15, -0.1) is 0 Å². The molecule has 1 heterocycles. The van der Waals surface area contributed by atoms with Gasteiger partial charge in [-0.25, -0.2) is 0 Å². The lowest BCUT2D eigenvalue weighted by Crippen LogP contribution is -2.50. The normalized spacial score (nSPS) is 31.7. The summed E-state index contributed by atoms with van der Waals surface area (Å²) in [5.74, 6) is 0.725. The maximum Gasteiger partial charge on any atom is 0.0619 e. The molecule has 2 N–H and O–H groups in total. The van der Waals surface area contributed by atoms with E-state index in [-0.39, 0.29) is 0 Å². The summed E-state index contributed by atoms with van der Waals surface area (Å²) in [4.78, 5) is 2.45. The number of rotatable bonds is 4. The molecule has 0 aromatic heterocycles. The number of nitrogens with zero attached hydrogens (tertiary/aromatic N) is 1. The molecule has 1 fully saturated rings. The molecule has 3 heteroatoms. The van der Waals surface area contributed by atoms with Gasteiger partial charge in [0.15, 0.2) is 0 Å². The predicted molar refractivity (Wildman–Crippen MR) is 59.3 cm³/mol. The van der Waals surface area contributed by atoms with Crippen molar-refractivity contribution in [3.63, 3.8) is 0 Å². The summed E-state index contributed by atoms with van der Waals surface area (Å²) in [6, 6.07) is 0.853. The average molecular weight is 200 g/mol. The third-order valence-electron chi connectivity index (χ3n) is 2.91. The average Bonchev–Trinajstić information content (AvgIpc) is 2.12. The van der Waals surface area contributed by atoms with Crippen molar-refractivity contribution in [2.75, 3.05) is 26.3 Å². The summed E-state index contributed by atoms with van der Waals surface area (Å²) in [5, 5.41) is 0. The van der Waals surface area contributed by atoms with Crippen molar-refractivity contribution in [3.05, 3.63) is 0 Å². The van der Waals surface area contributed by atoms with Gasteiger partial charge in [0, 0.05) is 31.8 Å². The molecule has 1 aliphatic heterocycles. The van der Waals surface area contributed by atoms with Crippen molar-refractivity contribution in [3.8, 4) is 0 Å². The van der Waals surface area contributed by atoms with E-state index in [1.54, 1.807) is 0 Å². The molecule has 84 valence electrons. The van der Waals surface area contributed by atoms with E-state index < -0.39 is 0 Å². The molecule has 0 amide bonds. The zero-order chi connectivity index (χ0) is 10.6. The van der Waals surface area contributed by atoms with Crippen LogP contribution in [0.1, 0.15) is 27.2 Å². The number of hydrogen-bond acceptors (Lipinski definition) is 3. The summed E-state index contributed by atoms with van der Waals surface area (Å²) >= 11 is 0. The van der Waals surface area contributed by atoms with Gasteiger partial charge in [0.2, 0.25) is 0 Å². The number of hydrogen-bond donors (Lipinski definition) is 1. The quantitative estimate of drug-likeness (QED) is 0.738. The molecule has 0 spiro atoms. The van der Waals surface area contributed by atoms with E-state index in [0.717, 1.165) is 32.1 Å². The van der Waals surface area contributed by atoms with Gasteiger partial charge in [0.25, 0.3) is 0 Å². The predicted octanol–water partition coefficient (Wildman–Crippen LogP) is 1.08. The van der Waals surface area contributed by atoms with Crippen LogP contribution in [0.5, 0.6) is 0 Å². The third kappa shape index (κ3) is 3.56. The number of ether oxygens (including phenoxy) is 1. The Kier molecular flexibility index (Phi) is 4.85. The molecule has 14 heavy (non-hydrogen) atoms. The maximum atomic E-state index is 6.00. The SMILES string of the molecule is CCOCC(C)N1CC(C)CC(N)C1. The van der Waals surface area contributed by atoms with Crippen molar-refractivity contribution in [2.45, 2.75) is 39.3 Å². The van der Waals surface area contributed by atoms with Crippen LogP contribution in [0, 0.1) is 5.92 Å². The van der Waals surface area contributed by atoms with Crippen molar-refractivity contribution >= 4 is 0 Å². The second-order valence-electron chi connectivity index (χ2n) is 4.56. The minimum atomic E-state index is 0.350. The van der Waals surface area contributed by atoms with Crippen LogP contribution in [0.4, 0.5) is 0 Å². The first-order valence-electron chi connectivity index (χ1n) is 5.70. The van der Waals surface area contributed by atoms with Crippen LogP contribution in [-0.2, 0) is 4.74 Å². The van der Waals surface area contributed by atoms with Gasteiger partial charge in [-0.2, -0.15) is 0 Å². The van der Waals surface area contributed by atoms with Crippen LogP contribution in [-0.4, -0.2) is 43.3 Å². The van der Waals surface area contributed by atoms with Gasteiger partial charge in [-0.3, -0.25) is 4.90 Å². The van der Waals surface area contributed by atoms with Gasteiger partial charge in [-0.1, -0.05) is 6.92 Å². The Labute approximate surface area is 87.6 Å². The van der Waals surface area contributed by atoms with Crippen LogP contribution in [0.25, 0.3) is 0 Å². The Morgan fingerprint density at radius 3 is 2.79 bits per heavy atom. The Hall–Kier alpha value is -0.120. The molecular formula is C11H24N2O. The minimum absolute atomic E-state index is 0.350. The van der Waals surface area contributed by atoms with Crippen LogP contribution < -0.4 is 5.73 Å². The number of likely N-dealkylation sites (tertiary alicyclic amines) is 1. The second-order valence-corrected chi connectivity index (χ2v) is 4.56. The third-order valence-corrected chi connectivity index (χ3v) is 2.91. The molecule has 0 saturated carbocycles. The topological polar surface area (TPSA) is 38.5 Å². The summed E-state index contributed by atoms with van der Waals surface area (Å²) in [6.07, 6.45) is 1.16. The highest BCUT2D eigenvalue weighted by molar-refractivity contribution is 4.82. The van der Waals surface area contributed by atoms with Crippen molar-refractivity contribution in [1.29, 1.82) is 0 Å². The van der Waals surface area contributed by atoms with E-state index in [0.29, 0.717) is 12.1 Å². The van der Waals surface area contributed by atoms with Crippen LogP contribution in [0.15, 0.2) is 0 Å². The number of piperidine rings is 1. The zero-order valence-electron chi connectivity index (χ0n) is 9.70. The summed E-state index contributed by atoms with van der Waals surface area (Å²) < 4.78 is 5.44. The highest BCUT2D eigenvalue weighted by atomic mass is 16.5. The van der Waals surface area contributed by atoms with Gasteiger partial charge in [0.05, 0.1) is 6.61 Å². The van der Waals surface area contributed by atoms with Crippen LogP contribution >= 0.6 is 0 Å². The van der Waals surface area contributed by atoms with Gasteiger partial charge < -0.3 is 10.5 Å².